The van der Waals surface area contributed by atoms with Gasteiger partial charge in [0.05, 0.1) is 17.1 Å². The van der Waals surface area contributed by atoms with Crippen molar-refractivity contribution in [2.75, 3.05) is 20.3 Å². The van der Waals surface area contributed by atoms with Crippen molar-refractivity contribution in [2.24, 2.45) is 0 Å². The van der Waals surface area contributed by atoms with E-state index >= 15 is 0 Å². The molecule has 2 aromatic rings. The van der Waals surface area contributed by atoms with Crippen LogP contribution in [0.2, 0.25) is 5.02 Å². The summed E-state index contributed by atoms with van der Waals surface area (Å²) in [6.45, 7) is 2.01. The average Bonchev–Trinajstić information content (AvgIpc) is 2.83. The summed E-state index contributed by atoms with van der Waals surface area (Å²) in [7, 11) is 1.50. The molecule has 1 aliphatic carbocycles. The first-order valence-corrected chi connectivity index (χ1v) is 11.6. The number of allylic oxidation sites excluding steroid dienone is 3. The number of nitro benzene ring substituents is 1. The standard InChI is InChI=1S/C26H25ClN2O6/c1-15-23(26(31)35-11-10-34-2)24(16-6-5-7-18(12-16)29(32)33)25-21(28-15)13-17(14-22(25)30)19-8-3-4-9-20(19)27/h3-9,12,17,24,28H,10-11,13-14H2,1-2H3/t17-,24-/m0/s1. The third-order valence-electron chi connectivity index (χ3n) is 6.33. The maximum absolute atomic E-state index is 13.6. The molecule has 0 aromatic heterocycles. The molecular weight excluding hydrogens is 472 g/mol. The minimum atomic E-state index is -0.791. The highest BCUT2D eigenvalue weighted by molar-refractivity contribution is 6.31. The zero-order chi connectivity index (χ0) is 25.1. The van der Waals surface area contributed by atoms with Gasteiger partial charge in [-0.2, -0.15) is 0 Å². The first-order valence-electron chi connectivity index (χ1n) is 11.2. The normalized spacial score (nSPS) is 19.8. The van der Waals surface area contributed by atoms with Gasteiger partial charge >= 0.3 is 5.97 Å². The van der Waals surface area contributed by atoms with E-state index in [1.165, 1.54) is 19.2 Å². The lowest BCUT2D eigenvalue weighted by Gasteiger charge is -2.36. The van der Waals surface area contributed by atoms with Crippen LogP contribution in [0.5, 0.6) is 0 Å². The molecule has 35 heavy (non-hydrogen) atoms. The largest absolute Gasteiger partial charge is 0.460 e. The van der Waals surface area contributed by atoms with Gasteiger partial charge in [0.15, 0.2) is 5.78 Å². The lowest BCUT2D eigenvalue weighted by atomic mass is 9.71. The van der Waals surface area contributed by atoms with Crippen molar-refractivity contribution in [3.05, 3.63) is 97.3 Å². The second-order valence-corrected chi connectivity index (χ2v) is 8.93. The Balaban J connectivity index is 1.79. The molecule has 2 atom stereocenters. The Kier molecular flexibility index (Phi) is 7.33. The number of esters is 1. The maximum atomic E-state index is 13.6. The molecule has 1 aliphatic heterocycles. The Hall–Kier alpha value is -3.49. The van der Waals surface area contributed by atoms with Gasteiger partial charge in [-0.1, -0.05) is 41.9 Å². The number of rotatable bonds is 7. The zero-order valence-electron chi connectivity index (χ0n) is 19.4. The summed E-state index contributed by atoms with van der Waals surface area (Å²) in [6, 6.07) is 13.5. The van der Waals surface area contributed by atoms with Gasteiger partial charge in [0.2, 0.25) is 0 Å². The Morgan fingerprint density at radius 1 is 1.17 bits per heavy atom. The van der Waals surface area contributed by atoms with Gasteiger partial charge in [0.1, 0.15) is 6.61 Å². The number of benzene rings is 2. The zero-order valence-corrected chi connectivity index (χ0v) is 20.1. The summed E-state index contributed by atoms with van der Waals surface area (Å²) < 4.78 is 10.4. The van der Waals surface area contributed by atoms with Crippen molar-refractivity contribution in [2.45, 2.75) is 31.6 Å². The Morgan fingerprint density at radius 2 is 1.94 bits per heavy atom. The van der Waals surface area contributed by atoms with Crippen LogP contribution in [0.15, 0.2) is 71.1 Å². The lowest BCUT2D eigenvalue weighted by Crippen LogP contribution is -2.36. The number of nitrogens with one attached hydrogen (secondary N) is 1. The fourth-order valence-corrected chi connectivity index (χ4v) is 5.07. The topological polar surface area (TPSA) is 108 Å². The van der Waals surface area contributed by atoms with Crippen LogP contribution >= 0.6 is 11.6 Å². The minimum Gasteiger partial charge on any atom is -0.460 e. The fourth-order valence-electron chi connectivity index (χ4n) is 4.78. The minimum absolute atomic E-state index is 0.0439. The van der Waals surface area contributed by atoms with E-state index in [1.807, 2.05) is 18.2 Å². The van der Waals surface area contributed by atoms with E-state index in [4.69, 9.17) is 21.1 Å². The number of carbonyl (C=O) groups is 2. The first-order chi connectivity index (χ1) is 16.8. The second-order valence-electron chi connectivity index (χ2n) is 8.52. The summed E-state index contributed by atoms with van der Waals surface area (Å²) in [6.07, 6.45) is 0.723. The molecule has 4 rings (SSSR count). The Bertz CT molecular complexity index is 1250. The molecule has 8 nitrogen and oxygen atoms in total. The van der Waals surface area contributed by atoms with Crippen molar-refractivity contribution in [3.63, 3.8) is 0 Å². The molecule has 2 aromatic carbocycles. The van der Waals surface area contributed by atoms with Gasteiger partial charge in [-0.3, -0.25) is 14.9 Å². The number of hydrogen-bond donors (Lipinski definition) is 1. The van der Waals surface area contributed by atoms with Crippen LogP contribution in [0.3, 0.4) is 0 Å². The van der Waals surface area contributed by atoms with E-state index in [2.05, 4.69) is 5.32 Å². The highest BCUT2D eigenvalue weighted by Gasteiger charge is 2.42. The summed E-state index contributed by atoms with van der Waals surface area (Å²) in [5, 5.41) is 15.3. The predicted molar refractivity (Wildman–Crippen MR) is 130 cm³/mol. The number of halogens is 1. The molecule has 9 heteroatoms. The van der Waals surface area contributed by atoms with Crippen LogP contribution in [0.25, 0.3) is 0 Å². The molecule has 1 heterocycles. The van der Waals surface area contributed by atoms with Crippen LogP contribution < -0.4 is 5.32 Å². The molecule has 0 bridgehead atoms. The number of nitrogens with zero attached hydrogens (tertiary/aromatic N) is 1. The molecular formula is C26H25ClN2O6. The number of hydrogen-bond acceptors (Lipinski definition) is 7. The number of carbonyl (C=O) groups excluding carboxylic acids is 2. The van der Waals surface area contributed by atoms with Crippen LogP contribution in [0.1, 0.15) is 42.7 Å². The van der Waals surface area contributed by atoms with Gasteiger partial charge in [-0.25, -0.2) is 4.79 Å². The van der Waals surface area contributed by atoms with Gasteiger partial charge in [0.25, 0.3) is 5.69 Å². The van der Waals surface area contributed by atoms with E-state index in [1.54, 1.807) is 25.1 Å². The second kappa shape index (κ2) is 10.4. The Morgan fingerprint density at radius 3 is 2.66 bits per heavy atom. The van der Waals surface area contributed by atoms with Gasteiger partial charge in [-0.05, 0) is 36.5 Å². The number of Topliss-reactive ketones (excluding diaryl/α,β-unsaturated/α-hetero) is 1. The quantitative estimate of drug-likeness (QED) is 0.254. The molecule has 0 amide bonds. The van der Waals surface area contributed by atoms with Crippen LogP contribution in [0, 0.1) is 10.1 Å². The van der Waals surface area contributed by atoms with Crippen molar-refractivity contribution < 1.29 is 24.0 Å². The van der Waals surface area contributed by atoms with Crippen LogP contribution in [0.4, 0.5) is 5.69 Å². The molecule has 1 N–H and O–H groups in total. The van der Waals surface area contributed by atoms with Gasteiger partial charge in [-0.15, -0.1) is 0 Å². The molecule has 182 valence electrons. The van der Waals surface area contributed by atoms with E-state index in [0.29, 0.717) is 34.0 Å². The fraction of sp³-hybridized carbons (Fsp3) is 0.308. The van der Waals surface area contributed by atoms with Crippen LogP contribution in [-0.2, 0) is 19.1 Å². The van der Waals surface area contributed by atoms with E-state index < -0.39 is 16.8 Å². The summed E-state index contributed by atoms with van der Waals surface area (Å²) in [4.78, 5) is 37.7. The van der Waals surface area contributed by atoms with Gasteiger partial charge < -0.3 is 14.8 Å². The number of methoxy groups -OCH3 is 1. The molecule has 0 unspecified atom stereocenters. The third-order valence-corrected chi connectivity index (χ3v) is 6.67. The molecule has 0 fully saturated rings. The van der Waals surface area contributed by atoms with E-state index in [9.17, 15) is 19.7 Å². The number of dihydropyridines is 1. The number of nitro groups is 1. The van der Waals surface area contributed by atoms with Crippen molar-refractivity contribution in [1.29, 1.82) is 0 Å². The molecule has 0 spiro atoms. The van der Waals surface area contributed by atoms with Crippen LogP contribution in [-0.4, -0.2) is 37.0 Å². The van der Waals surface area contributed by atoms with Crippen molar-refractivity contribution in [3.8, 4) is 0 Å². The number of non-ortho nitro benzene ring substituents is 1. The van der Waals surface area contributed by atoms with E-state index in [0.717, 1.165) is 5.56 Å². The Labute approximate surface area is 207 Å². The van der Waals surface area contributed by atoms with Crippen molar-refractivity contribution >= 4 is 29.0 Å². The SMILES string of the molecule is COCCOC(=O)C1=C(C)NC2=C(C(=O)C[C@@H](c3ccccc3Cl)C2)[C@H]1c1cccc([N+](=O)[O-])c1. The maximum Gasteiger partial charge on any atom is 0.336 e. The van der Waals surface area contributed by atoms with Gasteiger partial charge in [0, 0.05) is 53.6 Å². The highest BCUT2D eigenvalue weighted by Crippen LogP contribution is 2.46. The highest BCUT2D eigenvalue weighted by atomic mass is 35.5. The van der Waals surface area contributed by atoms with Crippen molar-refractivity contribution in [1.82, 2.24) is 5.32 Å². The number of ketones is 1. The lowest BCUT2D eigenvalue weighted by molar-refractivity contribution is -0.384. The predicted octanol–water partition coefficient (Wildman–Crippen LogP) is 4.80. The monoisotopic (exact) mass is 496 g/mol. The molecule has 0 saturated carbocycles. The average molecular weight is 497 g/mol. The third kappa shape index (κ3) is 4.99. The summed E-state index contributed by atoms with van der Waals surface area (Å²) in [5.41, 5.74) is 3.15. The molecule has 0 saturated heterocycles. The first kappa shape index (κ1) is 24.6. The summed E-state index contributed by atoms with van der Waals surface area (Å²) >= 11 is 6.41. The van der Waals surface area contributed by atoms with E-state index in [-0.39, 0.29) is 42.6 Å². The number of ether oxygens (including phenoxy) is 2. The molecule has 2 aliphatic rings. The molecule has 0 radical (unpaired) electrons. The smallest absolute Gasteiger partial charge is 0.336 e. The summed E-state index contributed by atoms with van der Waals surface area (Å²) in [5.74, 6) is -1.66.